The standard InChI is InChI=1S/C15H23BrN2O3/c1-10(2)18(11(3)4)7-6-17-9-12(15(20)21-5)8-13(16)14(17)19/h8-11H,6-7H2,1-5H3/p+1. The molecule has 1 aromatic heterocycles. The topological polar surface area (TPSA) is 52.7 Å². The third-order valence-electron chi connectivity index (χ3n) is 3.59. The lowest BCUT2D eigenvalue weighted by molar-refractivity contribution is -0.942. The number of pyridine rings is 1. The molecule has 0 aliphatic carbocycles. The number of hydrogen-bond acceptors (Lipinski definition) is 3. The van der Waals surface area contributed by atoms with E-state index in [0.29, 0.717) is 28.7 Å². The lowest BCUT2D eigenvalue weighted by Gasteiger charge is -2.27. The van der Waals surface area contributed by atoms with Crippen LogP contribution in [-0.2, 0) is 11.3 Å². The molecule has 0 amide bonds. The molecule has 1 aromatic rings. The molecule has 1 heterocycles. The summed E-state index contributed by atoms with van der Waals surface area (Å²) in [7, 11) is 1.33. The van der Waals surface area contributed by atoms with Gasteiger partial charge in [0.15, 0.2) is 0 Å². The van der Waals surface area contributed by atoms with Gasteiger partial charge < -0.3 is 14.2 Å². The van der Waals surface area contributed by atoms with Crippen LogP contribution in [0.4, 0.5) is 0 Å². The van der Waals surface area contributed by atoms with Crippen molar-refractivity contribution in [3.05, 3.63) is 32.7 Å². The molecule has 118 valence electrons. The summed E-state index contributed by atoms with van der Waals surface area (Å²) < 4.78 is 6.65. The highest BCUT2D eigenvalue weighted by Crippen LogP contribution is 2.08. The van der Waals surface area contributed by atoms with Crippen molar-refractivity contribution in [2.75, 3.05) is 13.7 Å². The van der Waals surface area contributed by atoms with Crippen molar-refractivity contribution in [1.29, 1.82) is 0 Å². The lowest BCUT2D eigenvalue weighted by Crippen LogP contribution is -3.18. The SMILES string of the molecule is COC(=O)c1cc(Br)c(=O)n(CC[NH+](C(C)C)C(C)C)c1. The third kappa shape index (κ3) is 4.68. The Kier molecular flexibility index (Phi) is 6.61. The molecule has 0 aliphatic heterocycles. The molecular formula is C15H24BrN2O3+. The lowest BCUT2D eigenvalue weighted by atomic mass is 10.2. The monoisotopic (exact) mass is 359 g/mol. The van der Waals surface area contributed by atoms with E-state index in [2.05, 4.69) is 43.6 Å². The number of ether oxygens (including phenoxy) is 1. The van der Waals surface area contributed by atoms with E-state index in [0.717, 1.165) is 6.54 Å². The summed E-state index contributed by atoms with van der Waals surface area (Å²) in [6.45, 7) is 10.1. The second kappa shape index (κ2) is 7.75. The smallest absolute Gasteiger partial charge is 0.339 e. The van der Waals surface area contributed by atoms with Gasteiger partial charge in [0.1, 0.15) is 0 Å². The first-order valence-corrected chi connectivity index (χ1v) is 7.91. The van der Waals surface area contributed by atoms with Crippen molar-refractivity contribution in [2.45, 2.75) is 46.3 Å². The molecule has 1 rings (SSSR count). The van der Waals surface area contributed by atoms with E-state index in [9.17, 15) is 9.59 Å². The van der Waals surface area contributed by atoms with Crippen LogP contribution in [0.25, 0.3) is 0 Å². The van der Waals surface area contributed by atoms with Gasteiger partial charge in [-0.25, -0.2) is 4.79 Å². The van der Waals surface area contributed by atoms with Gasteiger partial charge in [-0.15, -0.1) is 0 Å². The van der Waals surface area contributed by atoms with Crippen molar-refractivity contribution in [2.24, 2.45) is 0 Å². The highest BCUT2D eigenvalue weighted by atomic mass is 79.9. The Hall–Kier alpha value is -1.14. The summed E-state index contributed by atoms with van der Waals surface area (Å²) in [5.74, 6) is -0.443. The molecule has 0 bridgehead atoms. The minimum absolute atomic E-state index is 0.130. The number of carbonyl (C=O) groups excluding carboxylic acids is 1. The fourth-order valence-corrected chi connectivity index (χ4v) is 2.96. The number of carbonyl (C=O) groups is 1. The number of esters is 1. The van der Waals surface area contributed by atoms with Gasteiger partial charge in [-0.1, -0.05) is 0 Å². The second-order valence-corrected chi connectivity index (χ2v) is 6.56. The molecule has 0 saturated carbocycles. The number of hydrogen-bond donors (Lipinski definition) is 1. The van der Waals surface area contributed by atoms with Gasteiger partial charge in [0.2, 0.25) is 0 Å². The fourth-order valence-electron chi connectivity index (χ4n) is 2.49. The molecule has 0 saturated heterocycles. The largest absolute Gasteiger partial charge is 0.465 e. The zero-order valence-electron chi connectivity index (χ0n) is 13.3. The molecule has 0 unspecified atom stereocenters. The molecule has 21 heavy (non-hydrogen) atoms. The fraction of sp³-hybridized carbons (Fsp3) is 0.600. The van der Waals surface area contributed by atoms with E-state index < -0.39 is 5.97 Å². The average molecular weight is 360 g/mol. The van der Waals surface area contributed by atoms with Crippen LogP contribution in [0.3, 0.4) is 0 Å². The summed E-state index contributed by atoms with van der Waals surface area (Å²) >= 11 is 3.21. The molecule has 0 atom stereocenters. The molecule has 0 aliphatic rings. The van der Waals surface area contributed by atoms with Gasteiger partial charge >= 0.3 is 5.97 Å². The van der Waals surface area contributed by atoms with Crippen LogP contribution in [0.5, 0.6) is 0 Å². The van der Waals surface area contributed by atoms with E-state index in [4.69, 9.17) is 4.74 Å². The Morgan fingerprint density at radius 1 is 1.33 bits per heavy atom. The highest BCUT2D eigenvalue weighted by Gasteiger charge is 2.18. The highest BCUT2D eigenvalue weighted by molar-refractivity contribution is 9.10. The van der Waals surface area contributed by atoms with Crippen LogP contribution < -0.4 is 10.5 Å². The predicted molar refractivity (Wildman–Crippen MR) is 85.8 cm³/mol. The van der Waals surface area contributed by atoms with Gasteiger partial charge in [-0.2, -0.15) is 0 Å². The molecule has 0 radical (unpaired) electrons. The maximum atomic E-state index is 12.1. The van der Waals surface area contributed by atoms with Gasteiger partial charge in [0, 0.05) is 6.20 Å². The Bertz CT molecular complexity index is 544. The van der Waals surface area contributed by atoms with Gasteiger partial charge in [-0.3, -0.25) is 4.79 Å². The molecular weight excluding hydrogens is 336 g/mol. The zero-order valence-corrected chi connectivity index (χ0v) is 14.9. The molecule has 5 nitrogen and oxygen atoms in total. The predicted octanol–water partition coefficient (Wildman–Crippen LogP) is 1.10. The molecule has 6 heteroatoms. The maximum Gasteiger partial charge on any atom is 0.339 e. The molecule has 0 aromatic carbocycles. The van der Waals surface area contributed by atoms with Gasteiger partial charge in [-0.05, 0) is 49.7 Å². The van der Waals surface area contributed by atoms with Crippen LogP contribution in [0.2, 0.25) is 0 Å². The Morgan fingerprint density at radius 2 is 1.90 bits per heavy atom. The van der Waals surface area contributed by atoms with Crippen molar-refractivity contribution < 1.29 is 14.4 Å². The second-order valence-electron chi connectivity index (χ2n) is 5.70. The number of methoxy groups -OCH3 is 1. The van der Waals surface area contributed by atoms with E-state index in [1.807, 2.05) is 0 Å². The number of rotatable bonds is 6. The number of aromatic nitrogens is 1. The number of quaternary nitrogens is 1. The third-order valence-corrected chi connectivity index (χ3v) is 4.16. The van der Waals surface area contributed by atoms with E-state index in [-0.39, 0.29) is 5.56 Å². The number of halogens is 1. The van der Waals surface area contributed by atoms with Crippen molar-refractivity contribution in [3.63, 3.8) is 0 Å². The summed E-state index contributed by atoms with van der Waals surface area (Å²) in [5, 5.41) is 0. The molecule has 0 fully saturated rings. The summed E-state index contributed by atoms with van der Waals surface area (Å²) in [6, 6.07) is 2.46. The van der Waals surface area contributed by atoms with Crippen molar-refractivity contribution in [3.8, 4) is 0 Å². The first-order chi connectivity index (χ1) is 9.77. The molecule has 0 spiro atoms. The maximum absolute atomic E-state index is 12.1. The number of nitrogens with zero attached hydrogens (tertiary/aromatic N) is 1. The van der Waals surface area contributed by atoms with E-state index in [1.165, 1.54) is 18.1 Å². The van der Waals surface area contributed by atoms with Crippen LogP contribution in [0.1, 0.15) is 38.1 Å². The quantitative estimate of drug-likeness (QED) is 0.773. The Balaban J connectivity index is 3.00. The van der Waals surface area contributed by atoms with E-state index in [1.54, 1.807) is 10.8 Å². The van der Waals surface area contributed by atoms with Crippen LogP contribution in [0, 0.1) is 0 Å². The minimum Gasteiger partial charge on any atom is -0.465 e. The average Bonchev–Trinajstić information content (AvgIpc) is 2.41. The Morgan fingerprint density at radius 3 is 2.38 bits per heavy atom. The Labute approximate surface area is 134 Å². The van der Waals surface area contributed by atoms with Gasteiger partial charge in [0.25, 0.3) is 5.56 Å². The summed E-state index contributed by atoms with van der Waals surface area (Å²) in [4.78, 5) is 25.2. The van der Waals surface area contributed by atoms with Crippen LogP contribution in [0.15, 0.2) is 21.5 Å². The first-order valence-electron chi connectivity index (χ1n) is 7.11. The molecule has 1 N–H and O–H groups in total. The summed E-state index contributed by atoms with van der Waals surface area (Å²) in [5.41, 5.74) is 0.245. The first kappa shape index (κ1) is 17.9. The normalized spacial score (nSPS) is 11.5. The van der Waals surface area contributed by atoms with Crippen molar-refractivity contribution in [1.82, 2.24) is 4.57 Å². The van der Waals surface area contributed by atoms with Crippen molar-refractivity contribution >= 4 is 21.9 Å². The zero-order chi connectivity index (χ0) is 16.2. The summed E-state index contributed by atoms with van der Waals surface area (Å²) in [6.07, 6.45) is 1.57. The number of nitrogens with one attached hydrogen (secondary N) is 1. The van der Waals surface area contributed by atoms with Gasteiger partial charge in [0.05, 0.1) is 42.3 Å². The minimum atomic E-state index is -0.443. The van der Waals surface area contributed by atoms with E-state index >= 15 is 0 Å². The van der Waals surface area contributed by atoms with Crippen LogP contribution >= 0.6 is 15.9 Å². The van der Waals surface area contributed by atoms with Crippen LogP contribution in [-0.4, -0.2) is 36.3 Å².